The van der Waals surface area contributed by atoms with E-state index in [2.05, 4.69) is 91.0 Å². The first-order valence-corrected chi connectivity index (χ1v) is 26.6. The van der Waals surface area contributed by atoms with Crippen LogP contribution in [0.15, 0.2) is 126 Å². The van der Waals surface area contributed by atoms with Crippen LogP contribution in [0.25, 0.3) is 44.7 Å². The van der Waals surface area contributed by atoms with Crippen molar-refractivity contribution in [2.45, 2.75) is 49.3 Å². The lowest BCUT2D eigenvalue weighted by Crippen LogP contribution is -2.22. The van der Waals surface area contributed by atoms with E-state index in [0.29, 0.717) is 79.9 Å². The largest absolute Gasteiger partial charge is 0.373 e. The molecule has 4 atom stereocenters. The lowest BCUT2D eigenvalue weighted by Gasteiger charge is -2.09. The van der Waals surface area contributed by atoms with Gasteiger partial charge in [0.15, 0.2) is 61.0 Å². The minimum atomic E-state index is -0.319. The van der Waals surface area contributed by atoms with Gasteiger partial charge in [-0.05, 0) is 64.2 Å². The summed E-state index contributed by atoms with van der Waals surface area (Å²) in [4.78, 5) is 93.7. The second kappa shape index (κ2) is 25.0. The molecule has 0 radical (unpaired) electrons. The minimum absolute atomic E-state index is 0.00320. The number of rotatable bonds is 7. The van der Waals surface area contributed by atoms with Gasteiger partial charge in [0, 0.05) is 50.1 Å². The SMILES string of the molecule is ClCc1nc([C@@H]2CO[C@@H](c3ccc(Cl)cc3)C2)no1.Cn1c(Br)nc2nc[nH]c(=O)c21.Cn1cnc2nc[nH]c(=O)c21.[2H]c1nc2nc[nH]c(=O)c2n1C.[2H]c1nc2ncn(Cc3nc([C@@H]4CO[C@@H](c5ccc(Cl)cc5)C4)no3)c(=O)c2n1C. The van der Waals surface area contributed by atoms with Crippen LogP contribution in [0.4, 0.5) is 0 Å². The maximum Gasteiger partial charge on any atom is 0.280 e. The number of benzene rings is 2. The Morgan fingerprint density at radius 1 is 0.585 bits per heavy atom. The van der Waals surface area contributed by atoms with Crippen molar-refractivity contribution in [1.82, 2.24) is 97.9 Å². The van der Waals surface area contributed by atoms with Gasteiger partial charge in [0.1, 0.15) is 21.5 Å². The quantitative estimate of drug-likeness (QED) is 0.123. The van der Waals surface area contributed by atoms with E-state index in [1.807, 2.05) is 48.5 Å². The molecule has 0 saturated carbocycles. The normalized spacial score (nSPS) is 16.9. The topological polar surface area (TPSA) is 340 Å². The molecule has 0 aliphatic carbocycles. The second-order valence-electron chi connectivity index (χ2n) is 18.2. The molecule has 2 fully saturated rings. The lowest BCUT2D eigenvalue weighted by molar-refractivity contribution is 0.110. The molecule has 2 aliphatic heterocycles. The summed E-state index contributed by atoms with van der Waals surface area (Å²) in [5.41, 5.74) is 4.32. The maximum atomic E-state index is 12.7. The summed E-state index contributed by atoms with van der Waals surface area (Å²) < 4.78 is 45.1. The standard InChI is InChI=1S/C19H17ClN6O3.C13H12Cl2N2O2.C6H5BrN4O.2C6H6N4O/c1-25-9-21-18-16(25)19(27)26(10-22-18)7-15-23-17(24-29-15)12-6-14(28-8-12)11-2-4-13(20)5-3-11;14-6-12-16-13(17-19-12)9-5-11(18-7-9)8-1-3-10(15)4-2-8;1-11-3-4(10-6(11)7)8-2-9-5(3)12;2*1-10-3-9-5-4(10)6(11)8-2-7-5/h2-5,9-10,12,14H,6-8H2,1H3;1-4,9,11H,5-7H2;2H,1H3,(H,8,9,12);2*2-3H,1H3,(H,7,8,11)/t12-,14+;9-,11+;;;/m00.../s1/i9D;;;3D;. The number of aryl methyl sites for hydroxylation is 4. The van der Waals surface area contributed by atoms with Crippen LogP contribution in [0, 0.1) is 0 Å². The van der Waals surface area contributed by atoms with Crippen LogP contribution in [-0.2, 0) is 50.1 Å². The zero-order chi connectivity index (χ0) is 59.3. The Morgan fingerprint density at radius 2 is 1.05 bits per heavy atom. The number of nitrogens with one attached hydrogen (secondary N) is 3. The van der Waals surface area contributed by atoms with E-state index in [0.717, 1.165) is 29.0 Å². The Labute approximate surface area is 486 Å². The first-order chi connectivity index (χ1) is 40.4. The van der Waals surface area contributed by atoms with Crippen LogP contribution in [0.2, 0.25) is 10.0 Å². The van der Waals surface area contributed by atoms with Crippen molar-refractivity contribution in [3.63, 3.8) is 0 Å². The zero-order valence-electron chi connectivity index (χ0n) is 45.4. The fourth-order valence-corrected chi connectivity index (χ4v) is 9.36. The first-order valence-electron chi connectivity index (χ1n) is 25.5. The first kappa shape index (κ1) is 54.0. The van der Waals surface area contributed by atoms with Crippen molar-refractivity contribution < 1.29 is 21.3 Å². The van der Waals surface area contributed by atoms with Gasteiger partial charge in [-0.2, -0.15) is 9.97 Å². The molecule has 3 N–H and O–H groups in total. The zero-order valence-corrected chi connectivity index (χ0v) is 47.3. The van der Waals surface area contributed by atoms with Gasteiger partial charge in [0.05, 0.1) is 63.3 Å². The number of aromatic amines is 3. The Bertz CT molecular complexity index is 4450. The number of nitrogens with zero attached hydrogens (tertiary/aromatic N) is 17. The van der Waals surface area contributed by atoms with Crippen molar-refractivity contribution in [3.05, 3.63) is 184 Å². The van der Waals surface area contributed by atoms with E-state index in [9.17, 15) is 19.2 Å². The summed E-state index contributed by atoms with van der Waals surface area (Å²) in [5, 5.41) is 9.43. The van der Waals surface area contributed by atoms with Gasteiger partial charge in [-0.1, -0.05) is 57.8 Å². The van der Waals surface area contributed by atoms with Crippen molar-refractivity contribution in [3.8, 4) is 0 Å². The Kier molecular flexibility index (Phi) is 16.5. The average molecular weight is 1240 g/mol. The predicted molar refractivity (Wildman–Crippen MR) is 300 cm³/mol. The fraction of sp³-hybridized carbons (Fsp3) is 0.280. The van der Waals surface area contributed by atoms with Gasteiger partial charge < -0.3 is 51.7 Å². The van der Waals surface area contributed by atoms with Gasteiger partial charge >= 0.3 is 0 Å². The maximum absolute atomic E-state index is 12.7. The van der Waals surface area contributed by atoms with E-state index < -0.39 is 0 Å². The van der Waals surface area contributed by atoms with E-state index in [1.54, 1.807) is 43.7 Å². The molecular weight excluding hydrogens is 1190 g/mol. The smallest absolute Gasteiger partial charge is 0.280 e. The van der Waals surface area contributed by atoms with Crippen molar-refractivity contribution in [1.29, 1.82) is 0 Å². The molecule has 0 bridgehead atoms. The molecule has 2 aromatic carbocycles. The van der Waals surface area contributed by atoms with Crippen LogP contribution in [-0.4, -0.2) is 111 Å². The van der Waals surface area contributed by atoms with Crippen LogP contribution < -0.4 is 22.2 Å². The number of alkyl halides is 1. The van der Waals surface area contributed by atoms with Crippen molar-refractivity contribution >= 4 is 95.4 Å². The highest BCUT2D eigenvalue weighted by Crippen LogP contribution is 2.38. The predicted octanol–water partition coefficient (Wildman–Crippen LogP) is 5.90. The third-order valence-electron chi connectivity index (χ3n) is 12.8. The molecule has 2 saturated heterocycles. The molecule has 12 heterocycles. The molecule has 12 aromatic rings. The highest BCUT2D eigenvalue weighted by atomic mass is 79.9. The Hall–Kier alpha value is -8.61. The fourth-order valence-electron chi connectivity index (χ4n) is 8.65. The van der Waals surface area contributed by atoms with Gasteiger partial charge in [-0.3, -0.25) is 23.7 Å². The molecule has 0 unspecified atom stereocenters. The van der Waals surface area contributed by atoms with Crippen LogP contribution in [0.5, 0.6) is 0 Å². The van der Waals surface area contributed by atoms with Gasteiger partial charge in [-0.15, -0.1) is 11.6 Å². The number of hydrogen-bond acceptors (Lipinski definition) is 20. The molecule has 28 nitrogen and oxygen atoms in total. The van der Waals surface area contributed by atoms with E-state index >= 15 is 0 Å². The molecule has 82 heavy (non-hydrogen) atoms. The Balaban J connectivity index is 0.000000125. The highest BCUT2D eigenvalue weighted by molar-refractivity contribution is 9.10. The van der Waals surface area contributed by atoms with E-state index in [4.69, 9.17) is 56.1 Å². The summed E-state index contributed by atoms with van der Waals surface area (Å²) >= 11 is 20.7. The molecule has 0 spiro atoms. The average Bonchev–Trinajstić information content (AvgIpc) is 4.48. The second-order valence-corrected chi connectivity index (χ2v) is 20.1. The number of imidazole rings is 4. The molecule has 10 aromatic heterocycles. The van der Waals surface area contributed by atoms with Gasteiger partial charge in [0.25, 0.3) is 22.2 Å². The van der Waals surface area contributed by atoms with Crippen LogP contribution in [0.1, 0.15) is 74.2 Å². The van der Waals surface area contributed by atoms with Crippen molar-refractivity contribution in [2.75, 3.05) is 13.2 Å². The molecular formula is C50H46BrCl3N20O8. The monoisotopic (exact) mass is 1240 g/mol. The molecule has 0 amide bonds. The number of ether oxygens (including phenoxy) is 2. The minimum Gasteiger partial charge on any atom is -0.373 e. The van der Waals surface area contributed by atoms with E-state index in [-0.39, 0.29) is 82.5 Å². The van der Waals surface area contributed by atoms with Crippen LogP contribution >= 0.6 is 50.7 Å². The summed E-state index contributed by atoms with van der Waals surface area (Å²) in [6.07, 6.45) is 8.48. The Morgan fingerprint density at radius 3 is 1.56 bits per heavy atom. The van der Waals surface area contributed by atoms with Gasteiger partial charge in [-0.25, -0.2) is 39.9 Å². The third kappa shape index (κ3) is 12.6. The number of fused-ring (bicyclic) bond motifs is 4. The summed E-state index contributed by atoms with van der Waals surface area (Å²) in [6, 6.07) is 15.3. The van der Waals surface area contributed by atoms with E-state index in [1.165, 1.54) is 39.0 Å². The number of halogens is 4. The van der Waals surface area contributed by atoms with Crippen LogP contribution in [0.3, 0.4) is 0 Å². The van der Waals surface area contributed by atoms with Gasteiger partial charge in [0.2, 0.25) is 11.8 Å². The highest BCUT2D eigenvalue weighted by Gasteiger charge is 2.32. The summed E-state index contributed by atoms with van der Waals surface area (Å²) in [5.74, 6) is 2.37. The molecule has 2 aliphatic rings. The number of H-pyrrole nitrogens is 3. The summed E-state index contributed by atoms with van der Waals surface area (Å²) in [7, 11) is 6.71. The molecule has 32 heteroatoms. The third-order valence-corrected chi connectivity index (χ3v) is 14.3. The molecule has 422 valence electrons. The number of hydrogen-bond donors (Lipinski definition) is 3. The van der Waals surface area contributed by atoms with Crippen molar-refractivity contribution in [2.24, 2.45) is 28.2 Å². The summed E-state index contributed by atoms with van der Waals surface area (Å²) in [6.45, 7) is 1.16. The number of aromatic nitrogens is 20. The lowest BCUT2D eigenvalue weighted by atomic mass is 10.0. The molecule has 14 rings (SSSR count).